The molecule has 3 N–H and O–H groups in total. The molecule has 2 aliphatic rings. The number of benzene rings is 3. The van der Waals surface area contributed by atoms with Gasteiger partial charge in [0.2, 0.25) is 0 Å². The first-order chi connectivity index (χ1) is 19.8. The van der Waals surface area contributed by atoms with Gasteiger partial charge in [-0.3, -0.25) is 9.79 Å². The van der Waals surface area contributed by atoms with Gasteiger partial charge in [0.25, 0.3) is 5.91 Å². The minimum Gasteiger partial charge on any atom is -0.478 e. The highest BCUT2D eigenvalue weighted by Gasteiger charge is 2.29. The Balaban J connectivity index is 1.44. The fourth-order valence-electron chi connectivity index (χ4n) is 5.03. The number of fused-ring (bicyclic) bond motifs is 1. The summed E-state index contributed by atoms with van der Waals surface area (Å²) < 4.78 is 6.16. The van der Waals surface area contributed by atoms with Crippen LogP contribution < -0.4 is 15.4 Å². The molecule has 41 heavy (non-hydrogen) atoms. The van der Waals surface area contributed by atoms with E-state index in [1.54, 1.807) is 37.5 Å². The maximum absolute atomic E-state index is 13.6. The third-order valence-corrected chi connectivity index (χ3v) is 8.58. The van der Waals surface area contributed by atoms with Crippen LogP contribution in [0.2, 0.25) is 10.0 Å². The van der Waals surface area contributed by atoms with Crippen molar-refractivity contribution in [1.29, 1.82) is 0 Å². The van der Waals surface area contributed by atoms with Crippen LogP contribution in [-0.4, -0.2) is 66.5 Å². The van der Waals surface area contributed by atoms with Crippen molar-refractivity contribution in [2.75, 3.05) is 43.3 Å². The number of thioether (sulfide) groups is 1. The first-order valence-corrected chi connectivity index (χ1v) is 14.8. The Hall–Kier alpha value is -3.66. The summed E-state index contributed by atoms with van der Waals surface area (Å²) in [5.41, 5.74) is 10.6. The van der Waals surface area contributed by atoms with Crippen LogP contribution in [0, 0.1) is 0 Å². The van der Waals surface area contributed by atoms with Crippen molar-refractivity contribution in [1.82, 2.24) is 4.90 Å². The molecule has 1 saturated heterocycles. The van der Waals surface area contributed by atoms with E-state index in [1.165, 1.54) is 11.1 Å². The minimum atomic E-state index is -0.954. The molecule has 3 aromatic carbocycles. The molecular formula is C30H28Cl2N4O4S. The van der Waals surface area contributed by atoms with Crippen LogP contribution in [0.25, 0.3) is 16.7 Å². The number of carbonyl (C=O) groups is 2. The molecule has 1 fully saturated rings. The summed E-state index contributed by atoms with van der Waals surface area (Å²) in [7, 11) is 1.63. The molecule has 2 aliphatic heterocycles. The van der Waals surface area contributed by atoms with Crippen LogP contribution in [0.4, 0.5) is 5.69 Å². The fraction of sp³-hybridized carbons (Fsp3) is 0.233. The van der Waals surface area contributed by atoms with Crippen molar-refractivity contribution in [2.45, 2.75) is 6.54 Å². The molecule has 0 saturated carbocycles. The summed E-state index contributed by atoms with van der Waals surface area (Å²) in [6.45, 7) is 1.86. The van der Waals surface area contributed by atoms with E-state index < -0.39 is 5.97 Å². The van der Waals surface area contributed by atoms with Gasteiger partial charge in [0.1, 0.15) is 5.75 Å². The van der Waals surface area contributed by atoms with Gasteiger partial charge >= 0.3 is 5.97 Å². The number of nitrogens with two attached hydrogens (primary N) is 1. The van der Waals surface area contributed by atoms with Gasteiger partial charge in [0, 0.05) is 60.8 Å². The van der Waals surface area contributed by atoms with Crippen LogP contribution in [-0.2, 0) is 6.54 Å². The number of allylic oxidation sites excluding steroid dienone is 1. The number of carboxylic acid groups (broad SMARTS) is 1. The number of anilines is 1. The zero-order chi connectivity index (χ0) is 29.1. The lowest BCUT2D eigenvalue weighted by atomic mass is 9.97. The molecule has 2 heterocycles. The molecule has 0 aliphatic carbocycles. The largest absolute Gasteiger partial charge is 0.478 e. The van der Waals surface area contributed by atoms with Crippen molar-refractivity contribution in [3.63, 3.8) is 0 Å². The second-order valence-electron chi connectivity index (χ2n) is 9.53. The highest BCUT2D eigenvalue weighted by atomic mass is 35.5. The average Bonchev–Trinajstić information content (AvgIpc) is 2.98. The zero-order valence-electron chi connectivity index (χ0n) is 22.3. The molecule has 8 nitrogen and oxygen atoms in total. The number of rotatable bonds is 6. The number of para-hydroxylation sites is 1. The lowest BCUT2D eigenvalue weighted by Gasteiger charge is -2.32. The van der Waals surface area contributed by atoms with Gasteiger partial charge in [-0.25, -0.2) is 4.79 Å². The van der Waals surface area contributed by atoms with Crippen molar-refractivity contribution in [3.8, 4) is 16.9 Å². The van der Waals surface area contributed by atoms with E-state index in [9.17, 15) is 14.7 Å². The number of hydrogen-bond donors (Lipinski definition) is 2. The van der Waals surface area contributed by atoms with Crippen LogP contribution in [0.5, 0.6) is 5.75 Å². The molecule has 212 valence electrons. The average molecular weight is 612 g/mol. The first-order valence-electron chi connectivity index (χ1n) is 12.9. The Morgan fingerprint density at radius 2 is 1.83 bits per heavy atom. The molecule has 0 aromatic heterocycles. The Kier molecular flexibility index (Phi) is 8.77. The summed E-state index contributed by atoms with van der Waals surface area (Å²) in [5.74, 6) is 1.24. The molecule has 3 aromatic rings. The number of aromatic carboxylic acids is 1. The van der Waals surface area contributed by atoms with Gasteiger partial charge in [-0.05, 0) is 35.4 Å². The summed E-state index contributed by atoms with van der Waals surface area (Å²) in [4.78, 5) is 33.2. The Labute approximate surface area is 252 Å². The molecule has 1 amide bonds. The monoisotopic (exact) mass is 610 g/mol. The Bertz CT molecular complexity index is 1550. The van der Waals surface area contributed by atoms with Gasteiger partial charge in [0.05, 0.1) is 33.4 Å². The zero-order valence-corrected chi connectivity index (χ0v) is 24.6. The van der Waals surface area contributed by atoms with Gasteiger partial charge in [0.15, 0.2) is 6.73 Å². The van der Waals surface area contributed by atoms with Crippen molar-refractivity contribution < 1.29 is 19.4 Å². The highest BCUT2D eigenvalue weighted by molar-refractivity contribution is 7.99. The molecule has 0 radical (unpaired) electrons. The number of halogens is 2. The van der Waals surface area contributed by atoms with Crippen molar-refractivity contribution >= 4 is 64.3 Å². The number of hydrogen-bond acceptors (Lipinski definition) is 7. The van der Waals surface area contributed by atoms with E-state index >= 15 is 0 Å². The maximum atomic E-state index is 13.6. The summed E-state index contributed by atoms with van der Waals surface area (Å²) in [6, 6.07) is 14.4. The van der Waals surface area contributed by atoms with E-state index in [0.29, 0.717) is 22.6 Å². The van der Waals surface area contributed by atoms with Crippen molar-refractivity contribution in [3.05, 3.63) is 87.0 Å². The van der Waals surface area contributed by atoms with Gasteiger partial charge < -0.3 is 25.4 Å². The van der Waals surface area contributed by atoms with Gasteiger partial charge in [-0.2, -0.15) is 11.8 Å². The molecule has 0 unspecified atom stereocenters. The van der Waals surface area contributed by atoms with E-state index in [0.717, 1.165) is 41.3 Å². The molecular weight excluding hydrogens is 583 g/mol. The van der Waals surface area contributed by atoms with E-state index in [4.69, 9.17) is 33.7 Å². The topological polar surface area (TPSA) is 108 Å². The number of aliphatic imine (C=N–C) groups is 1. The van der Waals surface area contributed by atoms with E-state index in [-0.39, 0.29) is 40.4 Å². The van der Waals surface area contributed by atoms with Crippen LogP contribution in [0.3, 0.4) is 0 Å². The number of ether oxygens (including phenoxy) is 1. The second-order valence-corrected chi connectivity index (χ2v) is 11.6. The first kappa shape index (κ1) is 28.9. The molecule has 0 bridgehead atoms. The van der Waals surface area contributed by atoms with Gasteiger partial charge in [-0.1, -0.05) is 47.5 Å². The normalized spacial score (nSPS) is 15.5. The molecule has 0 spiro atoms. The lowest BCUT2D eigenvalue weighted by Crippen LogP contribution is -2.37. The van der Waals surface area contributed by atoms with E-state index in [1.807, 2.05) is 36.0 Å². The van der Waals surface area contributed by atoms with Crippen LogP contribution >= 0.6 is 35.0 Å². The third kappa shape index (κ3) is 5.88. The smallest absolute Gasteiger partial charge is 0.337 e. The van der Waals surface area contributed by atoms with Gasteiger partial charge in [-0.15, -0.1) is 0 Å². The standard InChI is InChI=1S/C30H28Cl2N4O4S/c1-34-15-21(14-33)20-11-24(31)27(25(32)12-20)29(37)36-16-19-3-2-4-22(28(19)40-17-36)18-5-6-23(30(38)39)26(13-18)35-7-9-41-10-8-35/h2-6,11-15H,7-10,16-17,33H2,1H3,(H,38,39). The Morgan fingerprint density at radius 1 is 1.10 bits per heavy atom. The lowest BCUT2D eigenvalue weighted by molar-refractivity contribution is 0.0516. The minimum absolute atomic E-state index is 0.00286. The number of amides is 1. The molecule has 5 rings (SSSR count). The third-order valence-electron chi connectivity index (χ3n) is 7.04. The number of nitrogens with zero attached hydrogens (tertiary/aromatic N) is 3. The highest BCUT2D eigenvalue weighted by Crippen LogP contribution is 2.40. The van der Waals surface area contributed by atoms with Crippen molar-refractivity contribution in [2.24, 2.45) is 10.7 Å². The summed E-state index contributed by atoms with van der Waals surface area (Å²) >= 11 is 14.9. The SMILES string of the molecule is CN=CC(=CN)c1cc(Cl)c(C(=O)N2COc3c(cccc3-c3ccc(C(=O)O)c(N4CCSCC4)c3)C2)c(Cl)c1. The quantitative estimate of drug-likeness (QED) is 0.334. The molecule has 0 atom stereocenters. The Morgan fingerprint density at radius 3 is 2.49 bits per heavy atom. The summed E-state index contributed by atoms with van der Waals surface area (Å²) in [6.07, 6.45) is 2.98. The number of carbonyl (C=O) groups excluding carboxylic acids is 1. The van der Waals surface area contributed by atoms with Crippen LogP contribution in [0.1, 0.15) is 31.8 Å². The number of carboxylic acids is 1. The molecule has 11 heteroatoms. The van der Waals surface area contributed by atoms with Crippen LogP contribution in [0.15, 0.2) is 59.7 Å². The van der Waals surface area contributed by atoms with E-state index in [2.05, 4.69) is 9.89 Å². The predicted octanol–water partition coefficient (Wildman–Crippen LogP) is 5.90. The maximum Gasteiger partial charge on any atom is 0.337 e. The fourth-order valence-corrected chi connectivity index (χ4v) is 6.58. The summed E-state index contributed by atoms with van der Waals surface area (Å²) in [5, 5.41) is 10.2. The predicted molar refractivity (Wildman–Crippen MR) is 167 cm³/mol. The second kappa shape index (κ2) is 12.5.